The molecule has 0 bridgehead atoms. The molecular weight excluding hydrogens is 253 g/mol. The van der Waals surface area contributed by atoms with Gasteiger partial charge in [-0.05, 0) is 25.3 Å². The van der Waals surface area contributed by atoms with E-state index in [2.05, 4.69) is 18.9 Å². The summed E-state index contributed by atoms with van der Waals surface area (Å²) in [7, 11) is 0. The molecule has 19 heavy (non-hydrogen) atoms. The molecule has 0 aliphatic rings. The molecule has 0 N–H and O–H groups in total. The largest absolute Gasteiger partial charge is 0.435 e. The normalized spacial score (nSPS) is 12.1. The van der Waals surface area contributed by atoms with Crippen LogP contribution in [-0.2, 0) is 19.1 Å². The molecule has 0 radical (unpaired) electrons. The monoisotopic (exact) mass is 276 g/mol. The molecule has 1 aromatic heterocycles. The minimum absolute atomic E-state index is 0.589. The molecule has 0 aromatic carbocycles. The predicted octanol–water partition coefficient (Wildman–Crippen LogP) is 4.82. The van der Waals surface area contributed by atoms with Crippen molar-refractivity contribution in [1.29, 1.82) is 0 Å². The maximum absolute atomic E-state index is 12.7. The number of aromatic nitrogens is 2. The molecular formula is C14H23F3N2. The molecule has 0 atom stereocenters. The van der Waals surface area contributed by atoms with Gasteiger partial charge in [0.25, 0.3) is 0 Å². The van der Waals surface area contributed by atoms with E-state index in [-0.39, 0.29) is 0 Å². The smallest absolute Gasteiger partial charge is 0.269 e. The molecule has 110 valence electrons. The lowest BCUT2D eigenvalue weighted by Crippen LogP contribution is -2.09. The first-order chi connectivity index (χ1) is 8.99. The summed E-state index contributed by atoms with van der Waals surface area (Å²) in [5.41, 5.74) is -0.0348. The summed E-state index contributed by atoms with van der Waals surface area (Å²) in [5.74, 6) is 0. The van der Waals surface area contributed by atoms with Crippen LogP contribution in [0.15, 0.2) is 6.07 Å². The first kappa shape index (κ1) is 16.1. The van der Waals surface area contributed by atoms with E-state index in [4.69, 9.17) is 0 Å². The number of halogens is 3. The summed E-state index contributed by atoms with van der Waals surface area (Å²) in [6.45, 7) is 4.75. The van der Waals surface area contributed by atoms with Crippen LogP contribution in [0.5, 0.6) is 0 Å². The fourth-order valence-electron chi connectivity index (χ4n) is 2.06. The Morgan fingerprint density at radius 1 is 1.05 bits per heavy atom. The second-order valence-corrected chi connectivity index (χ2v) is 4.91. The highest BCUT2D eigenvalue weighted by Crippen LogP contribution is 2.29. The van der Waals surface area contributed by atoms with Crippen LogP contribution in [0.1, 0.15) is 63.8 Å². The molecule has 1 rings (SSSR count). The first-order valence-electron chi connectivity index (χ1n) is 7.13. The van der Waals surface area contributed by atoms with E-state index < -0.39 is 11.9 Å². The maximum Gasteiger partial charge on any atom is 0.435 e. The third-order valence-corrected chi connectivity index (χ3v) is 3.16. The predicted molar refractivity (Wildman–Crippen MR) is 70.0 cm³/mol. The van der Waals surface area contributed by atoms with Gasteiger partial charge in [0.2, 0.25) is 0 Å². The Hall–Kier alpha value is -1.00. The fourth-order valence-corrected chi connectivity index (χ4v) is 2.06. The van der Waals surface area contributed by atoms with Crippen molar-refractivity contribution in [3.8, 4) is 0 Å². The van der Waals surface area contributed by atoms with Gasteiger partial charge in [0.05, 0.1) is 0 Å². The zero-order chi connectivity index (χ0) is 14.3. The van der Waals surface area contributed by atoms with Crippen molar-refractivity contribution in [3.05, 3.63) is 17.5 Å². The number of alkyl halides is 3. The fraction of sp³-hybridized carbons (Fsp3) is 0.786. The standard InChI is InChI=1S/C14H23F3N2/c1-3-5-7-9-12-11-13(14(15,16)17)18-19(12)10-8-6-4-2/h11H,3-10H2,1-2H3. The third-order valence-electron chi connectivity index (χ3n) is 3.16. The van der Waals surface area contributed by atoms with E-state index in [1.807, 2.05) is 0 Å². The summed E-state index contributed by atoms with van der Waals surface area (Å²) in [5, 5.41) is 3.72. The molecule has 0 saturated heterocycles. The summed E-state index contributed by atoms with van der Waals surface area (Å²) in [6, 6.07) is 1.21. The number of rotatable bonds is 8. The Morgan fingerprint density at radius 2 is 1.68 bits per heavy atom. The van der Waals surface area contributed by atoms with Crippen LogP contribution < -0.4 is 0 Å². The van der Waals surface area contributed by atoms with Crippen molar-refractivity contribution >= 4 is 0 Å². The van der Waals surface area contributed by atoms with Gasteiger partial charge in [-0.2, -0.15) is 18.3 Å². The van der Waals surface area contributed by atoms with Gasteiger partial charge >= 0.3 is 6.18 Å². The molecule has 0 aliphatic heterocycles. The number of unbranched alkanes of at least 4 members (excludes halogenated alkanes) is 4. The zero-order valence-electron chi connectivity index (χ0n) is 11.8. The molecule has 1 heterocycles. The van der Waals surface area contributed by atoms with Crippen molar-refractivity contribution in [2.75, 3.05) is 0 Å². The van der Waals surface area contributed by atoms with Gasteiger partial charge in [0.15, 0.2) is 5.69 Å². The number of hydrogen-bond donors (Lipinski definition) is 0. The summed E-state index contributed by atoms with van der Waals surface area (Å²) in [6.07, 6.45) is 2.34. The second kappa shape index (κ2) is 7.56. The molecule has 1 aromatic rings. The number of hydrogen-bond acceptors (Lipinski definition) is 1. The van der Waals surface area contributed by atoms with Gasteiger partial charge < -0.3 is 0 Å². The summed E-state index contributed by atoms with van der Waals surface area (Å²) in [4.78, 5) is 0. The Morgan fingerprint density at radius 3 is 2.26 bits per heavy atom. The lowest BCUT2D eigenvalue weighted by atomic mass is 10.1. The van der Waals surface area contributed by atoms with Gasteiger partial charge in [0.1, 0.15) is 0 Å². The van der Waals surface area contributed by atoms with Gasteiger partial charge in [-0.1, -0.05) is 39.5 Å². The van der Waals surface area contributed by atoms with Crippen LogP contribution in [-0.4, -0.2) is 9.78 Å². The van der Waals surface area contributed by atoms with E-state index in [1.165, 1.54) is 6.07 Å². The highest BCUT2D eigenvalue weighted by molar-refractivity contribution is 5.13. The first-order valence-corrected chi connectivity index (χ1v) is 7.13. The van der Waals surface area contributed by atoms with Crippen LogP contribution in [0.4, 0.5) is 13.2 Å². The van der Waals surface area contributed by atoms with E-state index in [9.17, 15) is 13.2 Å². The van der Waals surface area contributed by atoms with Crippen LogP contribution in [0.25, 0.3) is 0 Å². The average molecular weight is 276 g/mol. The highest BCUT2D eigenvalue weighted by Gasteiger charge is 2.34. The van der Waals surface area contributed by atoms with Crippen molar-refractivity contribution in [2.24, 2.45) is 0 Å². The van der Waals surface area contributed by atoms with Crippen molar-refractivity contribution in [1.82, 2.24) is 9.78 Å². The molecule has 0 fully saturated rings. The lowest BCUT2D eigenvalue weighted by Gasteiger charge is -2.06. The minimum Gasteiger partial charge on any atom is -0.269 e. The summed E-state index contributed by atoms with van der Waals surface area (Å²) >= 11 is 0. The minimum atomic E-state index is -4.34. The second-order valence-electron chi connectivity index (χ2n) is 4.91. The quantitative estimate of drug-likeness (QED) is 0.622. The number of aryl methyl sites for hydroxylation is 2. The lowest BCUT2D eigenvalue weighted by molar-refractivity contribution is -0.141. The van der Waals surface area contributed by atoms with E-state index in [1.54, 1.807) is 4.68 Å². The average Bonchev–Trinajstić information content (AvgIpc) is 2.73. The van der Waals surface area contributed by atoms with Crippen molar-refractivity contribution < 1.29 is 13.2 Å². The zero-order valence-corrected chi connectivity index (χ0v) is 11.8. The third kappa shape index (κ3) is 5.25. The number of nitrogens with zero attached hydrogens (tertiary/aromatic N) is 2. The molecule has 0 saturated carbocycles. The van der Waals surface area contributed by atoms with Gasteiger partial charge in [-0.25, -0.2) is 0 Å². The Bertz CT molecular complexity index is 342. The van der Waals surface area contributed by atoms with Crippen LogP contribution in [0.3, 0.4) is 0 Å². The van der Waals surface area contributed by atoms with Crippen molar-refractivity contribution in [3.63, 3.8) is 0 Å². The highest BCUT2D eigenvalue weighted by atomic mass is 19.4. The molecule has 0 amide bonds. The summed E-state index contributed by atoms with van der Waals surface area (Å²) < 4.78 is 39.6. The van der Waals surface area contributed by atoms with Crippen LogP contribution in [0.2, 0.25) is 0 Å². The topological polar surface area (TPSA) is 17.8 Å². The van der Waals surface area contributed by atoms with Crippen LogP contribution >= 0.6 is 0 Å². The Balaban J connectivity index is 2.75. The van der Waals surface area contributed by atoms with Gasteiger partial charge in [0, 0.05) is 12.2 Å². The van der Waals surface area contributed by atoms with E-state index >= 15 is 0 Å². The van der Waals surface area contributed by atoms with E-state index in [0.29, 0.717) is 13.0 Å². The van der Waals surface area contributed by atoms with Crippen LogP contribution in [0, 0.1) is 0 Å². The molecule has 0 spiro atoms. The molecule has 5 heteroatoms. The molecule has 2 nitrogen and oxygen atoms in total. The maximum atomic E-state index is 12.7. The Kier molecular flexibility index (Phi) is 6.38. The Labute approximate surface area is 113 Å². The van der Waals surface area contributed by atoms with Crippen molar-refractivity contribution in [2.45, 2.75) is 71.5 Å². The molecule has 0 unspecified atom stereocenters. The SMILES string of the molecule is CCCCCc1cc(C(F)(F)F)nn1CCCCC. The molecule has 0 aliphatic carbocycles. The van der Waals surface area contributed by atoms with E-state index in [0.717, 1.165) is 44.2 Å². The van der Waals surface area contributed by atoms with Gasteiger partial charge in [-0.3, -0.25) is 4.68 Å². The van der Waals surface area contributed by atoms with Gasteiger partial charge in [-0.15, -0.1) is 0 Å².